The van der Waals surface area contributed by atoms with Crippen molar-refractivity contribution in [2.75, 3.05) is 45.7 Å². The number of carboxylic acids is 1. The zero-order chi connectivity index (χ0) is 35.2. The first-order valence-electron chi connectivity index (χ1n) is 16.8. The van der Waals surface area contributed by atoms with Crippen LogP contribution in [0.2, 0.25) is 10.0 Å². The number of nitrogens with zero attached hydrogens (tertiary/aromatic N) is 5. The van der Waals surface area contributed by atoms with Crippen molar-refractivity contribution < 1.29 is 24.5 Å². The van der Waals surface area contributed by atoms with Gasteiger partial charge in [-0.2, -0.15) is 4.98 Å². The second kappa shape index (κ2) is 14.0. The van der Waals surface area contributed by atoms with E-state index in [9.17, 15) is 15.0 Å². The molecule has 262 valence electrons. The summed E-state index contributed by atoms with van der Waals surface area (Å²) in [6.07, 6.45) is 3.62. The molecule has 4 aromatic rings. The Balaban J connectivity index is 1.11. The number of fused-ring (bicyclic) bond motifs is 1. The van der Waals surface area contributed by atoms with Crippen LogP contribution in [-0.2, 0) is 24.3 Å². The number of carboxylic acid groups (broad SMARTS) is 1. The van der Waals surface area contributed by atoms with E-state index in [1.165, 1.54) is 0 Å². The van der Waals surface area contributed by atoms with E-state index in [0.717, 1.165) is 51.9 Å². The van der Waals surface area contributed by atoms with Crippen LogP contribution in [0.15, 0.2) is 48.7 Å². The van der Waals surface area contributed by atoms with Crippen LogP contribution in [0.1, 0.15) is 48.3 Å². The van der Waals surface area contributed by atoms with E-state index >= 15 is 0 Å². The van der Waals surface area contributed by atoms with Crippen LogP contribution in [0.4, 0.5) is 5.82 Å². The number of hydrogen-bond acceptors (Lipinski definition) is 10. The van der Waals surface area contributed by atoms with Crippen molar-refractivity contribution in [2.45, 2.75) is 51.0 Å². The zero-order valence-corrected chi connectivity index (χ0v) is 29.8. The number of nitrogens with one attached hydrogen (secondary N) is 1. The molecule has 2 aliphatic heterocycles. The van der Waals surface area contributed by atoms with E-state index in [1.54, 1.807) is 19.4 Å². The minimum absolute atomic E-state index is 0.269. The number of likely N-dealkylation sites (tertiary alicyclic amines) is 2. The van der Waals surface area contributed by atoms with Gasteiger partial charge >= 0.3 is 5.97 Å². The fourth-order valence-corrected chi connectivity index (χ4v) is 7.99. The summed E-state index contributed by atoms with van der Waals surface area (Å²) in [5, 5.41) is 23.7. The molecule has 3 N–H and O–H groups in total. The van der Waals surface area contributed by atoms with Gasteiger partial charge in [-0.15, -0.1) is 0 Å². The smallest absolute Gasteiger partial charge is 0.307 e. The Kier molecular flexibility index (Phi) is 9.62. The number of ether oxygens (including phenoxy) is 2. The quantitative estimate of drug-likeness (QED) is 0.166. The fourth-order valence-electron chi connectivity index (χ4n) is 7.45. The first kappa shape index (κ1) is 34.4. The lowest BCUT2D eigenvalue weighted by molar-refractivity contribution is -0.141. The number of methoxy groups -OCH3 is 1. The monoisotopic (exact) mass is 718 g/mol. The first-order valence-corrected chi connectivity index (χ1v) is 17.5. The summed E-state index contributed by atoms with van der Waals surface area (Å²) in [6.45, 7) is 5.28. The SMILES string of the molecule is CNc1nc(-c2cccc(-c3cccc4c3CC[C@@H]4Oc3nc(OC)c(CN4CC[C@@H](C(=O)O)C4)cc3Cl)c2Cl)cnc1CN1CC(C)(O)C1. The Morgan fingerprint density at radius 1 is 1.04 bits per heavy atom. The number of carbonyl (C=O) groups is 1. The van der Waals surface area contributed by atoms with Gasteiger partial charge in [0.2, 0.25) is 11.8 Å². The van der Waals surface area contributed by atoms with Crippen molar-refractivity contribution in [3.63, 3.8) is 0 Å². The highest BCUT2D eigenvalue weighted by atomic mass is 35.5. The number of aliphatic carboxylic acids is 1. The predicted molar refractivity (Wildman–Crippen MR) is 192 cm³/mol. The molecule has 0 unspecified atom stereocenters. The summed E-state index contributed by atoms with van der Waals surface area (Å²) in [4.78, 5) is 29.9. The number of aliphatic hydroxyl groups is 1. The van der Waals surface area contributed by atoms with Gasteiger partial charge in [0.25, 0.3) is 0 Å². The zero-order valence-electron chi connectivity index (χ0n) is 28.2. The summed E-state index contributed by atoms with van der Waals surface area (Å²) in [6, 6.07) is 13.9. The number of rotatable bonds is 11. The molecule has 7 rings (SSSR count). The van der Waals surface area contributed by atoms with E-state index in [1.807, 2.05) is 38.2 Å². The van der Waals surface area contributed by atoms with Gasteiger partial charge in [0.1, 0.15) is 16.9 Å². The van der Waals surface area contributed by atoms with Gasteiger partial charge in [-0.3, -0.25) is 19.6 Å². The molecule has 2 aromatic carbocycles. The van der Waals surface area contributed by atoms with Gasteiger partial charge in [0, 0.05) is 56.5 Å². The molecule has 13 heteroatoms. The molecule has 2 fully saturated rings. The molecule has 3 aliphatic rings. The molecule has 2 saturated heterocycles. The summed E-state index contributed by atoms with van der Waals surface area (Å²) in [7, 11) is 3.38. The molecule has 2 atom stereocenters. The fraction of sp³-hybridized carbons (Fsp3) is 0.405. The van der Waals surface area contributed by atoms with Crippen molar-refractivity contribution >= 4 is 35.0 Å². The molecular weight excluding hydrogens is 679 g/mol. The van der Waals surface area contributed by atoms with Gasteiger partial charge in [0.15, 0.2) is 0 Å². The summed E-state index contributed by atoms with van der Waals surface area (Å²) in [5.41, 5.74) is 6.52. The van der Waals surface area contributed by atoms with Gasteiger partial charge in [0.05, 0.1) is 41.2 Å². The topological polar surface area (TPSA) is 133 Å². The standard InChI is InChI=1S/C37H40Cl2N6O5/c1-37(48)19-45(20-37)18-30-33(40-2)42-29(15-41-30)27-9-5-8-26(32(27)39)23-6-4-7-25-24(23)10-11-31(25)50-35-28(38)14-22(34(43-35)49-3)17-44-13-12-21(16-44)36(46)47/h4-9,14-15,21,31,48H,10-13,16-20H2,1-3H3,(H,40,42)(H,46,47)/t21-,31+/m1/s1. The Morgan fingerprint density at radius 2 is 1.80 bits per heavy atom. The van der Waals surface area contributed by atoms with Crippen LogP contribution in [0.5, 0.6) is 11.8 Å². The lowest BCUT2D eigenvalue weighted by atomic mass is 9.95. The van der Waals surface area contributed by atoms with Crippen LogP contribution in [0.25, 0.3) is 22.4 Å². The molecule has 4 heterocycles. The third-order valence-corrected chi connectivity index (χ3v) is 10.5. The van der Waals surface area contributed by atoms with E-state index in [4.69, 9.17) is 42.6 Å². The van der Waals surface area contributed by atoms with Gasteiger partial charge in [-0.1, -0.05) is 59.6 Å². The van der Waals surface area contributed by atoms with Crippen LogP contribution in [0.3, 0.4) is 0 Å². The largest absolute Gasteiger partial charge is 0.481 e. The van der Waals surface area contributed by atoms with E-state index in [0.29, 0.717) is 79.0 Å². The summed E-state index contributed by atoms with van der Waals surface area (Å²) >= 11 is 13.9. The van der Waals surface area contributed by atoms with Crippen molar-refractivity contribution in [1.82, 2.24) is 24.8 Å². The lowest BCUT2D eigenvalue weighted by Crippen LogP contribution is -2.59. The van der Waals surface area contributed by atoms with Crippen molar-refractivity contribution in [1.29, 1.82) is 0 Å². The van der Waals surface area contributed by atoms with Crippen LogP contribution >= 0.6 is 23.2 Å². The van der Waals surface area contributed by atoms with Crippen molar-refractivity contribution in [3.05, 3.63) is 81.1 Å². The average Bonchev–Trinajstić information content (AvgIpc) is 3.73. The highest BCUT2D eigenvalue weighted by Gasteiger charge is 2.37. The van der Waals surface area contributed by atoms with Gasteiger partial charge < -0.3 is 25.0 Å². The molecule has 0 bridgehead atoms. The van der Waals surface area contributed by atoms with E-state index < -0.39 is 11.6 Å². The third kappa shape index (κ3) is 6.85. The van der Waals surface area contributed by atoms with Crippen molar-refractivity contribution in [3.8, 4) is 34.1 Å². The molecule has 2 aromatic heterocycles. The molecule has 0 amide bonds. The Bertz CT molecular complexity index is 1930. The number of halogens is 2. The van der Waals surface area contributed by atoms with Gasteiger partial charge in [-0.05, 0) is 55.5 Å². The first-order chi connectivity index (χ1) is 24.0. The van der Waals surface area contributed by atoms with E-state index in [2.05, 4.69) is 32.2 Å². The second-order valence-corrected chi connectivity index (χ2v) is 14.4. The summed E-state index contributed by atoms with van der Waals surface area (Å²) in [5.74, 6) is 0.236. The van der Waals surface area contributed by atoms with Crippen LogP contribution in [0, 0.1) is 5.92 Å². The maximum atomic E-state index is 11.4. The van der Waals surface area contributed by atoms with Crippen LogP contribution < -0.4 is 14.8 Å². The molecule has 0 saturated carbocycles. The molecule has 1 aliphatic carbocycles. The number of benzene rings is 2. The number of aromatic nitrogens is 3. The third-order valence-electron chi connectivity index (χ3n) is 9.81. The Hall–Kier alpha value is -4.00. The highest BCUT2D eigenvalue weighted by molar-refractivity contribution is 6.36. The maximum Gasteiger partial charge on any atom is 0.307 e. The van der Waals surface area contributed by atoms with Crippen molar-refractivity contribution in [2.24, 2.45) is 5.92 Å². The molecule has 11 nitrogen and oxygen atoms in total. The summed E-state index contributed by atoms with van der Waals surface area (Å²) < 4.78 is 12.1. The highest BCUT2D eigenvalue weighted by Crippen LogP contribution is 2.44. The Morgan fingerprint density at radius 3 is 2.52 bits per heavy atom. The molecular formula is C37H40Cl2N6O5. The van der Waals surface area contributed by atoms with Crippen LogP contribution in [-0.4, -0.2) is 86.9 Å². The maximum absolute atomic E-state index is 11.4. The predicted octanol–water partition coefficient (Wildman–Crippen LogP) is 6.10. The second-order valence-electron chi connectivity index (χ2n) is 13.6. The average molecular weight is 720 g/mol. The number of anilines is 1. The molecule has 0 radical (unpaired) electrons. The molecule has 0 spiro atoms. The van der Waals surface area contributed by atoms with Gasteiger partial charge in [-0.25, -0.2) is 4.98 Å². The minimum atomic E-state index is -0.771. The number of hydrogen-bond donors (Lipinski definition) is 3. The Labute approximate surface area is 301 Å². The number of pyridine rings is 1. The number of β-amino-alcohol motifs (C(OH)–C–C–N with tert-alkyl or cyclic N) is 1. The molecule has 50 heavy (non-hydrogen) atoms. The lowest BCUT2D eigenvalue weighted by Gasteiger charge is -2.44. The normalized spacial score (nSPS) is 20.0. The minimum Gasteiger partial charge on any atom is -0.481 e. The van der Waals surface area contributed by atoms with E-state index in [-0.39, 0.29) is 12.0 Å².